The number of hydrogen-bond acceptors (Lipinski definition) is 2. The van der Waals surface area contributed by atoms with Crippen LogP contribution in [0.15, 0.2) is 48.5 Å². The first-order valence-electron chi connectivity index (χ1n) is 9.10. The smallest absolute Gasteiger partial charge is 0.253 e. The highest BCUT2D eigenvalue weighted by atomic mass is 35.5. The SMILES string of the molecule is O=C(NCCc1ccc(Cl)cc1)[C@H]1CCCN(C(=O)c2ccc(F)cc2)C1. The maximum absolute atomic E-state index is 13.0. The molecule has 2 amide bonds. The highest BCUT2D eigenvalue weighted by Crippen LogP contribution is 2.19. The molecule has 0 bridgehead atoms. The summed E-state index contributed by atoms with van der Waals surface area (Å²) >= 11 is 5.87. The second-order valence-corrected chi connectivity index (χ2v) is 7.20. The lowest BCUT2D eigenvalue weighted by atomic mass is 9.96. The molecule has 6 heteroatoms. The predicted octanol–water partition coefficient (Wildman–Crippen LogP) is 3.69. The third-order valence-electron chi connectivity index (χ3n) is 4.80. The minimum absolute atomic E-state index is 0.0273. The van der Waals surface area contributed by atoms with Gasteiger partial charge in [0.25, 0.3) is 5.91 Å². The van der Waals surface area contributed by atoms with Gasteiger partial charge in [-0.1, -0.05) is 23.7 Å². The Kier molecular flexibility index (Phi) is 6.45. The Morgan fingerprint density at radius 2 is 1.81 bits per heavy atom. The Bertz CT molecular complexity index is 793. The number of halogens is 2. The number of carbonyl (C=O) groups is 2. The Hall–Kier alpha value is -2.40. The van der Waals surface area contributed by atoms with Crippen LogP contribution in [-0.2, 0) is 11.2 Å². The van der Waals surface area contributed by atoms with Gasteiger partial charge in [0.1, 0.15) is 5.82 Å². The van der Waals surface area contributed by atoms with Crippen molar-refractivity contribution >= 4 is 23.4 Å². The summed E-state index contributed by atoms with van der Waals surface area (Å²) in [5.41, 5.74) is 1.55. The van der Waals surface area contributed by atoms with Gasteiger partial charge in [-0.15, -0.1) is 0 Å². The molecule has 142 valence electrons. The van der Waals surface area contributed by atoms with E-state index in [4.69, 9.17) is 11.6 Å². The first-order chi connectivity index (χ1) is 13.0. The van der Waals surface area contributed by atoms with E-state index in [1.54, 1.807) is 4.90 Å². The zero-order valence-electron chi connectivity index (χ0n) is 15.0. The van der Waals surface area contributed by atoms with Gasteiger partial charge in [0, 0.05) is 30.2 Å². The van der Waals surface area contributed by atoms with Crippen molar-refractivity contribution in [1.29, 1.82) is 0 Å². The van der Waals surface area contributed by atoms with E-state index >= 15 is 0 Å². The van der Waals surface area contributed by atoms with E-state index in [2.05, 4.69) is 5.32 Å². The van der Waals surface area contributed by atoms with Crippen molar-refractivity contribution in [3.8, 4) is 0 Å². The van der Waals surface area contributed by atoms with Gasteiger partial charge in [0.15, 0.2) is 0 Å². The zero-order chi connectivity index (χ0) is 19.2. The highest BCUT2D eigenvalue weighted by Gasteiger charge is 2.28. The molecule has 0 saturated carbocycles. The maximum Gasteiger partial charge on any atom is 0.253 e. The van der Waals surface area contributed by atoms with Crippen LogP contribution >= 0.6 is 11.6 Å². The van der Waals surface area contributed by atoms with Crippen LogP contribution in [0.5, 0.6) is 0 Å². The van der Waals surface area contributed by atoms with E-state index in [0.717, 1.165) is 24.8 Å². The molecule has 3 rings (SSSR count). The van der Waals surface area contributed by atoms with Gasteiger partial charge in [-0.25, -0.2) is 4.39 Å². The fraction of sp³-hybridized carbons (Fsp3) is 0.333. The van der Waals surface area contributed by atoms with Gasteiger partial charge in [-0.2, -0.15) is 0 Å². The molecule has 2 aromatic carbocycles. The lowest BCUT2D eigenvalue weighted by Crippen LogP contribution is -2.45. The molecule has 0 unspecified atom stereocenters. The van der Waals surface area contributed by atoms with Crippen molar-refractivity contribution in [2.24, 2.45) is 5.92 Å². The van der Waals surface area contributed by atoms with Crippen molar-refractivity contribution < 1.29 is 14.0 Å². The molecule has 1 aliphatic heterocycles. The van der Waals surface area contributed by atoms with Crippen molar-refractivity contribution in [3.05, 3.63) is 70.5 Å². The van der Waals surface area contributed by atoms with Crippen LogP contribution in [0.2, 0.25) is 5.02 Å². The zero-order valence-corrected chi connectivity index (χ0v) is 15.7. The first kappa shape index (κ1) is 19.4. The maximum atomic E-state index is 13.0. The van der Waals surface area contributed by atoms with Gasteiger partial charge in [-0.3, -0.25) is 9.59 Å². The lowest BCUT2D eigenvalue weighted by molar-refractivity contribution is -0.126. The number of nitrogens with one attached hydrogen (secondary N) is 1. The number of amides is 2. The molecule has 1 fully saturated rings. The van der Waals surface area contributed by atoms with Crippen molar-refractivity contribution in [1.82, 2.24) is 10.2 Å². The standard InChI is InChI=1S/C21H22ClFN2O2/c22-18-7-3-15(4-8-18)11-12-24-20(26)17-2-1-13-25(14-17)21(27)16-5-9-19(23)10-6-16/h3-10,17H,1-2,11-14H2,(H,24,26)/t17-/m0/s1. The second kappa shape index (κ2) is 9.00. The predicted molar refractivity (Wildman–Crippen MR) is 103 cm³/mol. The van der Waals surface area contributed by atoms with Crippen LogP contribution in [0.1, 0.15) is 28.8 Å². The summed E-state index contributed by atoms with van der Waals surface area (Å²) in [6.45, 7) is 1.55. The van der Waals surface area contributed by atoms with E-state index < -0.39 is 0 Å². The van der Waals surface area contributed by atoms with Crippen LogP contribution in [0.25, 0.3) is 0 Å². The van der Waals surface area contributed by atoms with Crippen molar-refractivity contribution in [3.63, 3.8) is 0 Å². The average molecular weight is 389 g/mol. The van der Waals surface area contributed by atoms with Gasteiger partial charge < -0.3 is 10.2 Å². The Labute approximate surface area is 163 Å². The molecule has 27 heavy (non-hydrogen) atoms. The highest BCUT2D eigenvalue weighted by molar-refractivity contribution is 6.30. The van der Waals surface area contributed by atoms with E-state index in [1.807, 2.05) is 24.3 Å². The molecule has 0 radical (unpaired) electrons. The van der Waals surface area contributed by atoms with Gasteiger partial charge >= 0.3 is 0 Å². The first-order valence-corrected chi connectivity index (χ1v) is 9.48. The quantitative estimate of drug-likeness (QED) is 0.849. The van der Waals surface area contributed by atoms with E-state index in [1.165, 1.54) is 24.3 Å². The summed E-state index contributed by atoms with van der Waals surface area (Å²) in [5.74, 6) is -0.772. The van der Waals surface area contributed by atoms with Gasteiger partial charge in [0.2, 0.25) is 5.91 Å². The lowest BCUT2D eigenvalue weighted by Gasteiger charge is -2.32. The molecule has 0 aromatic heterocycles. The van der Waals surface area contributed by atoms with Crippen molar-refractivity contribution in [2.45, 2.75) is 19.3 Å². The summed E-state index contributed by atoms with van der Waals surface area (Å²) in [7, 11) is 0. The molecular formula is C21H22ClFN2O2. The number of likely N-dealkylation sites (tertiary alicyclic amines) is 1. The second-order valence-electron chi connectivity index (χ2n) is 6.76. The number of benzene rings is 2. The summed E-state index contributed by atoms with van der Waals surface area (Å²) in [6.07, 6.45) is 2.27. The largest absolute Gasteiger partial charge is 0.355 e. The van der Waals surface area contributed by atoms with Crippen LogP contribution in [-0.4, -0.2) is 36.3 Å². The number of hydrogen-bond donors (Lipinski definition) is 1. The molecule has 4 nitrogen and oxygen atoms in total. The van der Waals surface area contributed by atoms with E-state index in [9.17, 15) is 14.0 Å². The summed E-state index contributed by atoms with van der Waals surface area (Å²) in [6, 6.07) is 13.1. The molecular weight excluding hydrogens is 367 g/mol. The summed E-state index contributed by atoms with van der Waals surface area (Å²) in [5, 5.41) is 3.65. The number of carbonyl (C=O) groups excluding carboxylic acids is 2. The third kappa shape index (κ3) is 5.30. The molecule has 1 saturated heterocycles. The van der Waals surface area contributed by atoms with Crippen LogP contribution in [0, 0.1) is 11.7 Å². The van der Waals surface area contributed by atoms with Crippen molar-refractivity contribution in [2.75, 3.05) is 19.6 Å². The fourth-order valence-electron chi connectivity index (χ4n) is 3.28. The number of piperidine rings is 1. The third-order valence-corrected chi connectivity index (χ3v) is 5.05. The molecule has 1 N–H and O–H groups in total. The number of rotatable bonds is 5. The van der Waals surface area contributed by atoms with Crippen LogP contribution in [0.3, 0.4) is 0 Å². The van der Waals surface area contributed by atoms with E-state index in [0.29, 0.717) is 30.2 Å². The van der Waals surface area contributed by atoms with Gasteiger partial charge in [0.05, 0.1) is 5.92 Å². The minimum Gasteiger partial charge on any atom is -0.355 e. The van der Waals surface area contributed by atoms with Crippen LogP contribution < -0.4 is 5.32 Å². The number of nitrogens with zero attached hydrogens (tertiary/aromatic N) is 1. The Morgan fingerprint density at radius 1 is 1.11 bits per heavy atom. The van der Waals surface area contributed by atoms with Crippen LogP contribution in [0.4, 0.5) is 4.39 Å². The Balaban J connectivity index is 1.50. The molecule has 1 heterocycles. The fourth-order valence-corrected chi connectivity index (χ4v) is 3.40. The molecule has 2 aromatic rings. The summed E-state index contributed by atoms with van der Waals surface area (Å²) in [4.78, 5) is 26.7. The topological polar surface area (TPSA) is 49.4 Å². The van der Waals surface area contributed by atoms with E-state index in [-0.39, 0.29) is 23.5 Å². The normalized spacial score (nSPS) is 16.8. The Morgan fingerprint density at radius 3 is 2.52 bits per heavy atom. The minimum atomic E-state index is -0.372. The molecule has 0 aliphatic carbocycles. The average Bonchev–Trinajstić information content (AvgIpc) is 2.69. The monoisotopic (exact) mass is 388 g/mol. The molecule has 1 atom stereocenters. The van der Waals surface area contributed by atoms with Gasteiger partial charge in [-0.05, 0) is 61.2 Å². The molecule has 0 spiro atoms. The summed E-state index contributed by atoms with van der Waals surface area (Å²) < 4.78 is 13.0. The molecule has 1 aliphatic rings.